The average molecular weight is 282 g/mol. The van der Waals surface area contributed by atoms with Crippen molar-refractivity contribution in [1.29, 1.82) is 0 Å². The van der Waals surface area contributed by atoms with Gasteiger partial charge in [-0.25, -0.2) is 4.98 Å². The fourth-order valence-corrected chi connectivity index (χ4v) is 3.63. The predicted molar refractivity (Wildman–Crippen MR) is 76.6 cm³/mol. The molecule has 0 aliphatic carbocycles. The van der Waals surface area contributed by atoms with Crippen LogP contribution in [0.3, 0.4) is 0 Å². The van der Waals surface area contributed by atoms with E-state index in [-0.39, 0.29) is 0 Å². The van der Waals surface area contributed by atoms with Crippen molar-refractivity contribution in [1.82, 2.24) is 9.88 Å². The summed E-state index contributed by atoms with van der Waals surface area (Å²) < 4.78 is 0. The summed E-state index contributed by atoms with van der Waals surface area (Å²) in [7, 11) is 0. The normalized spacial score (nSPS) is 24.5. The number of carboxylic acids is 1. The number of hydrogen-bond donors (Lipinski definition) is 1. The van der Waals surface area contributed by atoms with Gasteiger partial charge in [-0.15, -0.1) is 11.3 Å². The van der Waals surface area contributed by atoms with Crippen molar-refractivity contribution in [3.63, 3.8) is 0 Å². The van der Waals surface area contributed by atoms with Crippen molar-refractivity contribution in [3.8, 4) is 0 Å². The molecule has 2 rings (SSSR count). The molecule has 1 aromatic rings. The van der Waals surface area contributed by atoms with E-state index in [4.69, 9.17) is 0 Å². The highest BCUT2D eigenvalue weighted by Gasteiger charge is 2.40. The van der Waals surface area contributed by atoms with E-state index in [1.54, 1.807) is 11.3 Å². The summed E-state index contributed by atoms with van der Waals surface area (Å²) in [5.74, 6) is -0.631. The van der Waals surface area contributed by atoms with E-state index in [2.05, 4.69) is 9.88 Å². The third kappa shape index (κ3) is 3.15. The van der Waals surface area contributed by atoms with E-state index in [1.807, 2.05) is 19.4 Å². The number of aromatic nitrogens is 1. The van der Waals surface area contributed by atoms with Gasteiger partial charge in [0, 0.05) is 18.0 Å². The average Bonchev–Trinajstić information content (AvgIpc) is 2.82. The highest BCUT2D eigenvalue weighted by Crippen LogP contribution is 2.33. The molecule has 1 N–H and O–H groups in total. The van der Waals surface area contributed by atoms with E-state index in [9.17, 15) is 9.90 Å². The van der Waals surface area contributed by atoms with Crippen molar-refractivity contribution in [3.05, 3.63) is 16.1 Å². The molecule has 106 valence electrons. The molecule has 1 unspecified atom stereocenters. The van der Waals surface area contributed by atoms with Gasteiger partial charge in [0.05, 0.1) is 16.6 Å². The zero-order valence-corrected chi connectivity index (χ0v) is 12.5. The minimum absolute atomic E-state index is 0.527. The van der Waals surface area contributed by atoms with Crippen LogP contribution in [0.1, 0.15) is 36.8 Å². The standard InChI is InChI=1S/C14H22N2O2S/c1-3-14(13(17)18)6-4-7-16(9-14)8-5-12-11(2)15-10-19-12/h10H,3-9H2,1-2H3,(H,17,18). The molecular weight excluding hydrogens is 260 g/mol. The van der Waals surface area contributed by atoms with Crippen LogP contribution in [0, 0.1) is 12.3 Å². The van der Waals surface area contributed by atoms with Crippen LogP contribution < -0.4 is 0 Å². The van der Waals surface area contributed by atoms with Crippen molar-refractivity contribution >= 4 is 17.3 Å². The van der Waals surface area contributed by atoms with Crippen LogP contribution in [0.2, 0.25) is 0 Å². The zero-order chi connectivity index (χ0) is 13.9. The van der Waals surface area contributed by atoms with E-state index in [0.29, 0.717) is 6.54 Å². The molecule has 1 aliphatic heterocycles. The summed E-state index contributed by atoms with van der Waals surface area (Å²) in [6.45, 7) is 6.68. The summed E-state index contributed by atoms with van der Waals surface area (Å²) in [5, 5.41) is 9.47. The first-order chi connectivity index (χ1) is 9.07. The molecule has 0 spiro atoms. The Kier molecular flexibility index (Phi) is 4.58. The van der Waals surface area contributed by atoms with Gasteiger partial charge >= 0.3 is 5.97 Å². The molecule has 0 bridgehead atoms. The number of aryl methyl sites for hydroxylation is 1. The maximum atomic E-state index is 11.5. The minimum atomic E-state index is -0.631. The fourth-order valence-electron chi connectivity index (χ4n) is 2.86. The summed E-state index contributed by atoms with van der Waals surface area (Å²) in [6, 6.07) is 0. The number of likely N-dealkylation sites (tertiary alicyclic amines) is 1. The SMILES string of the molecule is CCC1(C(=O)O)CCCN(CCc2scnc2C)C1. The fraction of sp³-hybridized carbons (Fsp3) is 0.714. The largest absolute Gasteiger partial charge is 0.481 e. The van der Waals surface area contributed by atoms with Gasteiger partial charge in [-0.3, -0.25) is 4.79 Å². The Balaban J connectivity index is 1.94. The Morgan fingerprint density at radius 1 is 1.63 bits per heavy atom. The maximum absolute atomic E-state index is 11.5. The quantitative estimate of drug-likeness (QED) is 0.902. The molecule has 1 aromatic heterocycles. The van der Waals surface area contributed by atoms with Gasteiger partial charge in [-0.1, -0.05) is 6.92 Å². The third-order valence-corrected chi connectivity index (χ3v) is 5.28. The minimum Gasteiger partial charge on any atom is -0.481 e. The molecule has 0 amide bonds. The first kappa shape index (κ1) is 14.5. The van der Waals surface area contributed by atoms with Crippen molar-refractivity contribution < 1.29 is 9.90 Å². The van der Waals surface area contributed by atoms with Crippen LogP contribution in [-0.2, 0) is 11.2 Å². The molecule has 19 heavy (non-hydrogen) atoms. The lowest BCUT2D eigenvalue weighted by Crippen LogP contribution is -2.48. The molecular formula is C14H22N2O2S. The van der Waals surface area contributed by atoms with E-state index < -0.39 is 11.4 Å². The predicted octanol–water partition coefficient (Wildman–Crippen LogP) is 2.57. The first-order valence-electron chi connectivity index (χ1n) is 6.92. The Hall–Kier alpha value is -0.940. The topological polar surface area (TPSA) is 53.4 Å². The van der Waals surface area contributed by atoms with Crippen LogP contribution in [-0.4, -0.2) is 40.6 Å². The highest BCUT2D eigenvalue weighted by atomic mass is 32.1. The second kappa shape index (κ2) is 6.01. The Morgan fingerprint density at radius 2 is 2.42 bits per heavy atom. The monoisotopic (exact) mass is 282 g/mol. The van der Waals surface area contributed by atoms with Crippen LogP contribution in [0.15, 0.2) is 5.51 Å². The Morgan fingerprint density at radius 3 is 3.00 bits per heavy atom. The summed E-state index contributed by atoms with van der Waals surface area (Å²) >= 11 is 1.70. The van der Waals surface area contributed by atoms with E-state index >= 15 is 0 Å². The number of carboxylic acid groups (broad SMARTS) is 1. The summed E-state index contributed by atoms with van der Waals surface area (Å²) in [6.07, 6.45) is 3.51. The van der Waals surface area contributed by atoms with Crippen LogP contribution in [0.25, 0.3) is 0 Å². The molecule has 1 atom stereocenters. The number of aliphatic carboxylic acids is 1. The summed E-state index contributed by atoms with van der Waals surface area (Å²) in [4.78, 5) is 19.4. The van der Waals surface area contributed by atoms with Gasteiger partial charge in [0.2, 0.25) is 0 Å². The number of carbonyl (C=O) groups is 1. The number of thiazole rings is 1. The molecule has 0 saturated carbocycles. The van der Waals surface area contributed by atoms with Gasteiger partial charge in [-0.2, -0.15) is 0 Å². The molecule has 0 radical (unpaired) electrons. The lowest BCUT2D eigenvalue weighted by Gasteiger charge is -2.39. The van der Waals surface area contributed by atoms with Crippen LogP contribution in [0.5, 0.6) is 0 Å². The van der Waals surface area contributed by atoms with Crippen LogP contribution in [0.4, 0.5) is 0 Å². The van der Waals surface area contributed by atoms with Crippen molar-refractivity contribution in [2.45, 2.75) is 39.5 Å². The molecule has 5 heteroatoms. The highest BCUT2D eigenvalue weighted by molar-refractivity contribution is 7.09. The van der Waals surface area contributed by atoms with Crippen LogP contribution >= 0.6 is 11.3 Å². The van der Waals surface area contributed by atoms with Gasteiger partial charge in [0.15, 0.2) is 0 Å². The number of nitrogens with zero attached hydrogens (tertiary/aromatic N) is 2. The number of piperidine rings is 1. The first-order valence-corrected chi connectivity index (χ1v) is 7.80. The second-order valence-corrected chi connectivity index (χ2v) is 6.37. The molecule has 1 fully saturated rings. The number of hydrogen-bond acceptors (Lipinski definition) is 4. The smallest absolute Gasteiger partial charge is 0.310 e. The number of rotatable bonds is 5. The molecule has 1 saturated heterocycles. The van der Waals surface area contributed by atoms with Gasteiger partial charge in [0.1, 0.15) is 0 Å². The van der Waals surface area contributed by atoms with E-state index in [0.717, 1.165) is 44.5 Å². The molecule has 1 aliphatic rings. The Bertz CT molecular complexity index is 446. The van der Waals surface area contributed by atoms with Gasteiger partial charge < -0.3 is 10.0 Å². The maximum Gasteiger partial charge on any atom is 0.310 e. The van der Waals surface area contributed by atoms with Gasteiger partial charge in [0.25, 0.3) is 0 Å². The van der Waals surface area contributed by atoms with Crippen molar-refractivity contribution in [2.24, 2.45) is 5.41 Å². The Labute approximate surface area is 118 Å². The zero-order valence-electron chi connectivity index (χ0n) is 11.7. The second-order valence-electron chi connectivity index (χ2n) is 5.43. The molecule has 2 heterocycles. The van der Waals surface area contributed by atoms with Gasteiger partial charge in [-0.05, 0) is 39.2 Å². The third-order valence-electron chi connectivity index (χ3n) is 4.29. The lowest BCUT2D eigenvalue weighted by atomic mass is 9.77. The molecule has 0 aromatic carbocycles. The van der Waals surface area contributed by atoms with Crippen molar-refractivity contribution in [2.75, 3.05) is 19.6 Å². The lowest BCUT2D eigenvalue weighted by molar-refractivity contribution is -0.152. The van der Waals surface area contributed by atoms with E-state index in [1.165, 1.54) is 4.88 Å². The molecule has 4 nitrogen and oxygen atoms in total. The summed E-state index contributed by atoms with van der Waals surface area (Å²) in [5.41, 5.74) is 2.47.